The Morgan fingerprint density at radius 1 is 0.772 bits per heavy atom. The minimum Gasteiger partial charge on any atom is -0.459 e. The van der Waals surface area contributed by atoms with Crippen LogP contribution < -0.4 is 19.3 Å². The molecule has 1 unspecified atom stereocenters. The van der Waals surface area contributed by atoms with Gasteiger partial charge in [-0.1, -0.05) is 88.9 Å². The molecule has 8 heteroatoms. The SMILES string of the molecule is CC.CCCCCCCc1ccc(C(=O)Oc2ccc(N3CCN(C(=O)c4cccc5c6c(ccc45)OC4(C=N6)N(C)c5ccccc5C4(C)C)CC3)cc2)cc1. The Bertz CT molecular complexity index is 2240. The number of hydrogen-bond acceptors (Lipinski definition) is 7. The number of piperazine rings is 1. The first-order valence-electron chi connectivity index (χ1n) is 20.8. The second kappa shape index (κ2) is 16.8. The number of anilines is 2. The van der Waals surface area contributed by atoms with Crippen molar-refractivity contribution in [3.8, 4) is 11.5 Å². The van der Waals surface area contributed by atoms with E-state index < -0.39 is 5.72 Å². The van der Waals surface area contributed by atoms with Gasteiger partial charge >= 0.3 is 5.97 Å². The number of aliphatic imine (C=N–C) groups is 1. The van der Waals surface area contributed by atoms with E-state index in [9.17, 15) is 9.59 Å². The maximum atomic E-state index is 14.0. The number of carbonyl (C=O) groups excluding carboxylic acids is 2. The van der Waals surface area contributed by atoms with Gasteiger partial charge < -0.3 is 24.2 Å². The predicted molar refractivity (Wildman–Crippen MR) is 233 cm³/mol. The molecule has 5 aromatic carbocycles. The van der Waals surface area contributed by atoms with Crippen LogP contribution in [-0.2, 0) is 11.8 Å². The summed E-state index contributed by atoms with van der Waals surface area (Å²) >= 11 is 0. The first kappa shape index (κ1) is 39.6. The van der Waals surface area contributed by atoms with Gasteiger partial charge in [-0.25, -0.2) is 4.79 Å². The fraction of sp³-hybridized carbons (Fsp3) is 0.367. The zero-order valence-electron chi connectivity index (χ0n) is 34.4. The lowest BCUT2D eigenvalue weighted by Crippen LogP contribution is -2.61. The average Bonchev–Trinajstić information content (AvgIpc) is 3.41. The van der Waals surface area contributed by atoms with E-state index in [0.717, 1.165) is 34.3 Å². The fourth-order valence-corrected chi connectivity index (χ4v) is 8.57. The summed E-state index contributed by atoms with van der Waals surface area (Å²) in [7, 11) is 2.06. The lowest BCUT2D eigenvalue weighted by atomic mass is 9.77. The quantitative estimate of drug-likeness (QED) is 0.0801. The minimum absolute atomic E-state index is 0.0109. The van der Waals surface area contributed by atoms with Gasteiger partial charge in [0.2, 0.25) is 5.72 Å². The second-order valence-electron chi connectivity index (χ2n) is 15.6. The van der Waals surface area contributed by atoms with E-state index in [1.54, 1.807) is 0 Å². The summed E-state index contributed by atoms with van der Waals surface area (Å²) in [6, 6.07) is 33.7. The molecule has 8 nitrogen and oxygen atoms in total. The molecule has 1 saturated heterocycles. The molecule has 1 fully saturated rings. The van der Waals surface area contributed by atoms with Crippen molar-refractivity contribution < 1.29 is 19.1 Å². The highest BCUT2D eigenvalue weighted by Crippen LogP contribution is 2.54. The molecule has 8 rings (SSSR count). The summed E-state index contributed by atoms with van der Waals surface area (Å²) in [6.07, 6.45) is 9.22. The lowest BCUT2D eigenvalue weighted by Gasteiger charge is -2.45. The van der Waals surface area contributed by atoms with Crippen LogP contribution in [0.1, 0.15) is 98.6 Å². The number of hydrogen-bond donors (Lipinski definition) is 0. The number of esters is 1. The molecule has 0 saturated carbocycles. The summed E-state index contributed by atoms with van der Waals surface area (Å²) in [5, 5.41) is 1.77. The Morgan fingerprint density at radius 2 is 1.49 bits per heavy atom. The molecule has 1 amide bonds. The van der Waals surface area contributed by atoms with E-state index in [-0.39, 0.29) is 17.3 Å². The van der Waals surface area contributed by atoms with E-state index in [4.69, 9.17) is 14.5 Å². The summed E-state index contributed by atoms with van der Waals surface area (Å²) in [5.74, 6) is 0.869. The van der Waals surface area contributed by atoms with Gasteiger partial charge in [-0.2, -0.15) is 0 Å². The minimum atomic E-state index is -0.769. The number of fused-ring (bicyclic) bond motifs is 4. The number of para-hydroxylation sites is 1. The third-order valence-corrected chi connectivity index (χ3v) is 11.9. The van der Waals surface area contributed by atoms with Crippen molar-refractivity contribution in [1.82, 2.24) is 4.90 Å². The number of amides is 1. The van der Waals surface area contributed by atoms with E-state index >= 15 is 0 Å². The number of unbranched alkanes of at least 4 members (excludes halogenated alkanes) is 4. The first-order valence-corrected chi connectivity index (χ1v) is 20.8. The molecule has 0 radical (unpaired) electrons. The van der Waals surface area contributed by atoms with Gasteiger partial charge in [-0.05, 0) is 104 Å². The van der Waals surface area contributed by atoms with Crippen molar-refractivity contribution in [3.63, 3.8) is 0 Å². The monoisotopic (exact) mass is 764 g/mol. The van der Waals surface area contributed by atoms with Gasteiger partial charge in [0.05, 0.1) is 17.2 Å². The molecule has 296 valence electrons. The molecule has 5 aromatic rings. The third kappa shape index (κ3) is 7.50. The summed E-state index contributed by atoms with van der Waals surface area (Å²) in [5.41, 5.74) is 5.48. The lowest BCUT2D eigenvalue weighted by molar-refractivity contribution is 0.0731. The Labute approximate surface area is 338 Å². The van der Waals surface area contributed by atoms with Crippen LogP contribution in [0.15, 0.2) is 108 Å². The van der Waals surface area contributed by atoms with Crippen molar-refractivity contribution in [2.75, 3.05) is 43.0 Å². The van der Waals surface area contributed by atoms with Gasteiger partial charge in [-0.15, -0.1) is 0 Å². The van der Waals surface area contributed by atoms with E-state index in [1.807, 2.05) is 104 Å². The van der Waals surface area contributed by atoms with Crippen molar-refractivity contribution in [3.05, 3.63) is 125 Å². The van der Waals surface area contributed by atoms with Gasteiger partial charge in [0.15, 0.2) is 0 Å². The maximum absolute atomic E-state index is 14.0. The first-order chi connectivity index (χ1) is 27.7. The number of carbonyl (C=O) groups is 2. The molecular weight excluding hydrogens is 709 g/mol. The second-order valence-corrected chi connectivity index (χ2v) is 15.6. The van der Waals surface area contributed by atoms with Crippen LogP contribution in [0.2, 0.25) is 0 Å². The molecule has 3 aliphatic heterocycles. The molecule has 3 aliphatic rings. The summed E-state index contributed by atoms with van der Waals surface area (Å²) < 4.78 is 12.6. The molecule has 1 spiro atoms. The number of likely N-dealkylation sites (N-methyl/N-ethyl adjacent to an activating group) is 1. The number of aryl methyl sites for hydroxylation is 1. The van der Waals surface area contributed by atoms with Gasteiger partial charge in [0, 0.05) is 55.6 Å². The highest BCUT2D eigenvalue weighted by Gasteiger charge is 2.58. The fourth-order valence-electron chi connectivity index (χ4n) is 8.57. The van der Waals surface area contributed by atoms with Crippen molar-refractivity contribution in [2.24, 2.45) is 4.99 Å². The van der Waals surface area contributed by atoms with E-state index in [1.165, 1.54) is 43.2 Å². The smallest absolute Gasteiger partial charge is 0.343 e. The Balaban J connectivity index is 0.00000244. The zero-order chi connectivity index (χ0) is 40.2. The van der Waals surface area contributed by atoms with Crippen molar-refractivity contribution >= 4 is 45.9 Å². The van der Waals surface area contributed by atoms with Crippen LogP contribution in [0, 0.1) is 0 Å². The average molecular weight is 765 g/mol. The summed E-state index contributed by atoms with van der Waals surface area (Å²) in [6.45, 7) is 13.2. The van der Waals surface area contributed by atoms with Crippen molar-refractivity contribution in [1.29, 1.82) is 0 Å². The molecule has 0 aromatic heterocycles. The van der Waals surface area contributed by atoms with Crippen LogP contribution in [0.3, 0.4) is 0 Å². The highest BCUT2D eigenvalue weighted by molar-refractivity contribution is 6.11. The zero-order valence-corrected chi connectivity index (χ0v) is 34.4. The van der Waals surface area contributed by atoms with Crippen LogP contribution in [0.25, 0.3) is 10.8 Å². The Hall–Kier alpha value is -5.63. The van der Waals surface area contributed by atoms with E-state index in [0.29, 0.717) is 48.8 Å². The van der Waals surface area contributed by atoms with Crippen molar-refractivity contribution in [2.45, 2.75) is 84.3 Å². The molecule has 0 aliphatic carbocycles. The number of ether oxygens (including phenoxy) is 2. The number of rotatable bonds is 10. The van der Waals surface area contributed by atoms with Crippen LogP contribution in [0.4, 0.5) is 17.1 Å². The number of nitrogens with zero attached hydrogens (tertiary/aromatic N) is 4. The van der Waals surface area contributed by atoms with Crippen LogP contribution >= 0.6 is 0 Å². The topological polar surface area (TPSA) is 74.7 Å². The van der Waals surface area contributed by atoms with Gasteiger partial charge in [-0.3, -0.25) is 9.79 Å². The third-order valence-electron chi connectivity index (χ3n) is 11.9. The van der Waals surface area contributed by atoms with Crippen LogP contribution in [-0.4, -0.2) is 61.9 Å². The van der Waals surface area contributed by atoms with Gasteiger partial charge in [0.25, 0.3) is 5.91 Å². The normalized spacial score (nSPS) is 17.8. The largest absolute Gasteiger partial charge is 0.459 e. The molecule has 0 bridgehead atoms. The predicted octanol–water partition coefficient (Wildman–Crippen LogP) is 10.8. The van der Waals surface area contributed by atoms with E-state index in [2.05, 4.69) is 61.9 Å². The standard InChI is InChI=1S/C47H50N4O4.C2H6/c1-5-6-7-8-9-13-33-18-20-34(21-19-33)45(53)54-36-24-22-35(23-25-36)50-28-30-51(31-29-50)44(52)39-15-12-14-38-37(39)26-27-42-43(38)48-32-47(55-42)46(2,3)40-16-10-11-17-41(40)49(47)4;1-2/h10-12,14-27,32H,5-9,13,28-31H2,1-4H3;1-2H3. The number of benzene rings is 5. The maximum Gasteiger partial charge on any atom is 0.343 e. The molecular formula is C49H56N4O4. The molecule has 0 N–H and O–H groups in total. The summed E-state index contributed by atoms with van der Waals surface area (Å²) in [4.78, 5) is 38.3. The molecule has 1 atom stereocenters. The van der Waals surface area contributed by atoms with Crippen LogP contribution in [0.5, 0.6) is 11.5 Å². The molecule has 3 heterocycles. The Morgan fingerprint density at radius 3 is 2.21 bits per heavy atom. The molecule has 57 heavy (non-hydrogen) atoms. The highest BCUT2D eigenvalue weighted by atomic mass is 16.5. The Kier molecular flexibility index (Phi) is 11.7. The van der Waals surface area contributed by atoms with Gasteiger partial charge in [0.1, 0.15) is 17.2 Å².